The van der Waals surface area contributed by atoms with Gasteiger partial charge in [0.15, 0.2) is 4.80 Å². The van der Waals surface area contributed by atoms with Gasteiger partial charge in [0.25, 0.3) is 17.3 Å². The molecular formula is C19H14N4O5S. The lowest BCUT2D eigenvalue weighted by molar-refractivity contribution is -0.394. The molecule has 0 N–H and O–H groups in total. The van der Waals surface area contributed by atoms with E-state index in [0.29, 0.717) is 4.80 Å². The lowest BCUT2D eigenvalue weighted by Crippen LogP contribution is -2.16. The SMILES string of the molecule is C#CCn1c(=NC(=O)c2cc([N+](=O)[O-])cc([N+](=O)[O-])c2)sc2cc(CC)ccc21. The normalized spacial score (nSPS) is 11.4. The van der Waals surface area contributed by atoms with Gasteiger partial charge in [0.1, 0.15) is 0 Å². The number of aryl methyl sites for hydroxylation is 1. The Morgan fingerprint density at radius 2 is 1.83 bits per heavy atom. The molecule has 9 nitrogen and oxygen atoms in total. The summed E-state index contributed by atoms with van der Waals surface area (Å²) in [6.07, 6.45) is 6.28. The molecule has 0 radical (unpaired) electrons. The van der Waals surface area contributed by atoms with E-state index in [-0.39, 0.29) is 12.1 Å². The van der Waals surface area contributed by atoms with E-state index in [0.717, 1.165) is 40.4 Å². The van der Waals surface area contributed by atoms with Crippen LogP contribution in [0.1, 0.15) is 22.8 Å². The van der Waals surface area contributed by atoms with Crippen LogP contribution in [0.25, 0.3) is 10.2 Å². The number of fused-ring (bicyclic) bond motifs is 1. The maximum absolute atomic E-state index is 12.6. The molecule has 3 aromatic rings. The fraction of sp³-hybridized carbons (Fsp3) is 0.158. The van der Waals surface area contributed by atoms with Gasteiger partial charge in [0.05, 0.1) is 38.2 Å². The van der Waals surface area contributed by atoms with Crippen molar-refractivity contribution in [3.05, 3.63) is 72.6 Å². The Bertz CT molecular complexity index is 1230. The number of terminal acetylenes is 1. The van der Waals surface area contributed by atoms with Gasteiger partial charge < -0.3 is 4.57 Å². The minimum Gasteiger partial charge on any atom is -0.305 e. The molecule has 10 heteroatoms. The Balaban J connectivity index is 2.17. The average molecular weight is 410 g/mol. The number of non-ortho nitro benzene ring substituents is 2. The minimum absolute atomic E-state index is 0.173. The number of nitro benzene ring substituents is 2. The number of carbonyl (C=O) groups excluding carboxylic acids is 1. The van der Waals surface area contributed by atoms with Crippen LogP contribution in [0.15, 0.2) is 41.4 Å². The van der Waals surface area contributed by atoms with Crippen LogP contribution in [0.3, 0.4) is 0 Å². The molecule has 0 fully saturated rings. The summed E-state index contributed by atoms with van der Waals surface area (Å²) >= 11 is 1.25. The summed E-state index contributed by atoms with van der Waals surface area (Å²) in [7, 11) is 0. The number of nitro groups is 2. The van der Waals surface area contributed by atoms with Crippen LogP contribution in [0.4, 0.5) is 11.4 Å². The molecule has 1 aromatic heterocycles. The molecule has 146 valence electrons. The van der Waals surface area contributed by atoms with Crippen molar-refractivity contribution in [2.24, 2.45) is 4.99 Å². The molecule has 29 heavy (non-hydrogen) atoms. The highest BCUT2D eigenvalue weighted by Gasteiger charge is 2.20. The molecule has 0 bridgehead atoms. The van der Waals surface area contributed by atoms with Crippen molar-refractivity contribution in [2.75, 3.05) is 0 Å². The zero-order valence-electron chi connectivity index (χ0n) is 15.2. The molecule has 0 unspecified atom stereocenters. The average Bonchev–Trinajstić information content (AvgIpc) is 3.03. The second-order valence-corrected chi connectivity index (χ2v) is 7.01. The fourth-order valence-electron chi connectivity index (χ4n) is 2.75. The molecule has 0 atom stereocenters. The molecule has 0 spiro atoms. The lowest BCUT2D eigenvalue weighted by atomic mass is 10.1. The van der Waals surface area contributed by atoms with Crippen LogP contribution in [0.5, 0.6) is 0 Å². The van der Waals surface area contributed by atoms with E-state index < -0.39 is 27.1 Å². The van der Waals surface area contributed by atoms with E-state index in [1.54, 1.807) is 4.57 Å². The van der Waals surface area contributed by atoms with Crippen molar-refractivity contribution >= 4 is 38.8 Å². The predicted octanol–water partition coefficient (Wildman–Crippen LogP) is 3.46. The van der Waals surface area contributed by atoms with E-state index >= 15 is 0 Å². The molecule has 1 heterocycles. The van der Waals surface area contributed by atoms with Gasteiger partial charge in [-0.2, -0.15) is 4.99 Å². The maximum Gasteiger partial charge on any atom is 0.280 e. The van der Waals surface area contributed by atoms with Crippen molar-refractivity contribution in [3.8, 4) is 12.3 Å². The molecule has 3 rings (SSSR count). The van der Waals surface area contributed by atoms with Gasteiger partial charge in [-0.15, -0.1) is 6.42 Å². The molecule has 0 aliphatic heterocycles. The van der Waals surface area contributed by atoms with Gasteiger partial charge in [-0.1, -0.05) is 30.2 Å². The second kappa shape index (κ2) is 8.04. The Hall–Kier alpha value is -3.84. The number of benzene rings is 2. The van der Waals surface area contributed by atoms with E-state index in [1.165, 1.54) is 11.3 Å². The maximum atomic E-state index is 12.6. The van der Waals surface area contributed by atoms with Crippen molar-refractivity contribution in [3.63, 3.8) is 0 Å². The van der Waals surface area contributed by atoms with Crippen molar-refractivity contribution < 1.29 is 14.6 Å². The largest absolute Gasteiger partial charge is 0.305 e. The number of rotatable bonds is 5. The Kier molecular flexibility index (Phi) is 5.52. The van der Waals surface area contributed by atoms with Crippen LogP contribution in [0, 0.1) is 32.6 Å². The number of thiazole rings is 1. The minimum atomic E-state index is -0.829. The van der Waals surface area contributed by atoms with Gasteiger partial charge in [0, 0.05) is 12.1 Å². The first-order valence-electron chi connectivity index (χ1n) is 8.42. The first-order chi connectivity index (χ1) is 13.8. The van der Waals surface area contributed by atoms with Gasteiger partial charge in [-0.25, -0.2) is 0 Å². The number of carbonyl (C=O) groups is 1. The lowest BCUT2D eigenvalue weighted by Gasteiger charge is -2.01. The smallest absolute Gasteiger partial charge is 0.280 e. The number of amides is 1. The van der Waals surface area contributed by atoms with Gasteiger partial charge >= 0.3 is 0 Å². The predicted molar refractivity (Wildman–Crippen MR) is 108 cm³/mol. The summed E-state index contributed by atoms with van der Waals surface area (Å²) in [6, 6.07) is 8.55. The van der Waals surface area contributed by atoms with Crippen LogP contribution in [-0.2, 0) is 13.0 Å². The molecule has 0 saturated heterocycles. The highest BCUT2D eigenvalue weighted by atomic mass is 32.1. The quantitative estimate of drug-likeness (QED) is 0.362. The summed E-state index contributed by atoms with van der Waals surface area (Å²) in [4.78, 5) is 37.5. The Morgan fingerprint density at radius 3 is 2.38 bits per heavy atom. The molecule has 1 amide bonds. The van der Waals surface area contributed by atoms with Gasteiger partial charge in [-0.05, 0) is 24.1 Å². The standard InChI is InChI=1S/C19H14N4O5S/c1-3-7-21-16-6-5-12(4-2)8-17(16)29-19(21)20-18(24)13-9-14(22(25)26)11-15(10-13)23(27)28/h1,5-6,8-11H,4,7H2,2H3. The second-order valence-electron chi connectivity index (χ2n) is 6.00. The van der Waals surface area contributed by atoms with Crippen molar-refractivity contribution in [2.45, 2.75) is 19.9 Å². The highest BCUT2D eigenvalue weighted by Crippen LogP contribution is 2.24. The fourth-order valence-corrected chi connectivity index (χ4v) is 3.84. The summed E-state index contributed by atoms with van der Waals surface area (Å²) in [5, 5.41) is 22.1. The third kappa shape index (κ3) is 4.04. The number of hydrogen-bond acceptors (Lipinski definition) is 6. The first kappa shape index (κ1) is 19.9. The summed E-state index contributed by atoms with van der Waals surface area (Å²) in [6.45, 7) is 2.20. The molecule has 0 aliphatic carbocycles. The molecule has 2 aromatic carbocycles. The third-order valence-electron chi connectivity index (χ3n) is 4.17. The van der Waals surface area contributed by atoms with Crippen LogP contribution < -0.4 is 4.80 Å². The van der Waals surface area contributed by atoms with Crippen molar-refractivity contribution in [1.82, 2.24) is 4.57 Å². The first-order valence-corrected chi connectivity index (χ1v) is 9.24. The van der Waals surface area contributed by atoms with E-state index in [1.807, 2.05) is 25.1 Å². The van der Waals surface area contributed by atoms with Gasteiger partial charge in [0.2, 0.25) is 0 Å². The Labute approximate surface area is 168 Å². The van der Waals surface area contributed by atoms with Gasteiger partial charge in [-0.3, -0.25) is 25.0 Å². The monoisotopic (exact) mass is 410 g/mol. The Morgan fingerprint density at radius 1 is 1.17 bits per heavy atom. The number of nitrogens with zero attached hydrogens (tertiary/aromatic N) is 4. The van der Waals surface area contributed by atoms with Crippen LogP contribution >= 0.6 is 11.3 Å². The summed E-state index contributed by atoms with van der Waals surface area (Å²) < 4.78 is 2.57. The topological polar surface area (TPSA) is 121 Å². The van der Waals surface area contributed by atoms with Crippen LogP contribution in [-0.4, -0.2) is 20.3 Å². The zero-order chi connectivity index (χ0) is 21.1. The summed E-state index contributed by atoms with van der Waals surface area (Å²) in [5.41, 5.74) is 0.557. The van der Waals surface area contributed by atoms with E-state index in [9.17, 15) is 25.0 Å². The number of hydrogen-bond donors (Lipinski definition) is 0. The van der Waals surface area contributed by atoms with Crippen molar-refractivity contribution in [1.29, 1.82) is 0 Å². The molecular weight excluding hydrogens is 396 g/mol. The highest BCUT2D eigenvalue weighted by molar-refractivity contribution is 7.16. The van der Waals surface area contributed by atoms with Crippen LogP contribution in [0.2, 0.25) is 0 Å². The van der Waals surface area contributed by atoms with E-state index in [4.69, 9.17) is 6.42 Å². The summed E-state index contributed by atoms with van der Waals surface area (Å²) in [5.74, 6) is 1.68. The zero-order valence-corrected chi connectivity index (χ0v) is 16.0. The van der Waals surface area contributed by atoms with E-state index in [2.05, 4.69) is 10.9 Å². The third-order valence-corrected chi connectivity index (χ3v) is 5.21. The number of aromatic nitrogens is 1. The molecule has 0 saturated carbocycles. The molecule has 0 aliphatic rings.